The Balaban J connectivity index is 4.28. The van der Waals surface area contributed by atoms with Crippen LogP contribution in [0.15, 0.2) is 0 Å². The van der Waals surface area contributed by atoms with E-state index < -0.39 is 31.4 Å². The summed E-state index contributed by atoms with van der Waals surface area (Å²) in [4.78, 5) is 0.418. The molecular weight excluding hydrogens is 226 g/mol. The zero-order chi connectivity index (χ0) is 12.3. The maximum absolute atomic E-state index is 12.0. The smallest absolute Gasteiger partial charge is 0.296 e. The maximum atomic E-state index is 12.0. The van der Waals surface area contributed by atoms with Crippen LogP contribution in [0.4, 0.5) is 26.3 Å². The van der Waals surface area contributed by atoms with Gasteiger partial charge < -0.3 is 0 Å². The molecule has 0 aliphatic rings. The van der Waals surface area contributed by atoms with E-state index in [2.05, 4.69) is 0 Å². The van der Waals surface area contributed by atoms with Crippen LogP contribution in [-0.2, 0) is 0 Å². The fourth-order valence-electron chi connectivity index (χ4n) is 0.900. The van der Waals surface area contributed by atoms with Crippen molar-refractivity contribution in [1.82, 2.24) is 4.90 Å². The van der Waals surface area contributed by atoms with Crippen molar-refractivity contribution < 1.29 is 26.3 Å². The molecule has 0 rings (SSSR count). The van der Waals surface area contributed by atoms with E-state index in [1.54, 1.807) is 0 Å². The van der Waals surface area contributed by atoms with Gasteiger partial charge in [0.25, 0.3) is 0 Å². The van der Waals surface area contributed by atoms with Crippen LogP contribution in [-0.4, -0.2) is 37.4 Å². The Morgan fingerprint density at radius 3 is 1.93 bits per heavy atom. The van der Waals surface area contributed by atoms with Gasteiger partial charge in [-0.1, -0.05) is 0 Å². The number of nitrogens with zero attached hydrogens (tertiary/aromatic N) is 2. The van der Waals surface area contributed by atoms with E-state index in [0.717, 1.165) is 13.1 Å². The van der Waals surface area contributed by atoms with Gasteiger partial charge in [0.05, 0.1) is 12.6 Å². The first-order valence-electron chi connectivity index (χ1n) is 3.78. The van der Waals surface area contributed by atoms with Crippen molar-refractivity contribution in [1.29, 1.82) is 5.26 Å². The molecule has 15 heavy (non-hydrogen) atoms. The summed E-state index contributed by atoms with van der Waals surface area (Å²) in [5.41, 5.74) is 0. The second-order valence-electron chi connectivity index (χ2n) is 3.04. The molecule has 0 aromatic heterocycles. The summed E-state index contributed by atoms with van der Waals surface area (Å²) < 4.78 is 71.2. The highest BCUT2D eigenvalue weighted by Gasteiger charge is 2.41. The average Bonchev–Trinajstić information content (AvgIpc) is 1.94. The molecule has 8 heteroatoms. The van der Waals surface area contributed by atoms with Gasteiger partial charge in [0.15, 0.2) is 5.92 Å². The predicted molar refractivity (Wildman–Crippen MR) is 38.7 cm³/mol. The van der Waals surface area contributed by atoms with Crippen LogP contribution < -0.4 is 0 Å². The van der Waals surface area contributed by atoms with Crippen LogP contribution in [0.3, 0.4) is 0 Å². The topological polar surface area (TPSA) is 27.0 Å². The summed E-state index contributed by atoms with van der Waals surface area (Å²) in [7, 11) is 0.879. The zero-order valence-corrected chi connectivity index (χ0v) is 7.65. The number of alkyl halides is 6. The first-order valence-corrected chi connectivity index (χ1v) is 3.78. The van der Waals surface area contributed by atoms with Crippen LogP contribution >= 0.6 is 0 Å². The summed E-state index contributed by atoms with van der Waals surface area (Å²) in [6.45, 7) is -2.46. The molecule has 0 fully saturated rings. The Morgan fingerprint density at radius 2 is 1.67 bits per heavy atom. The third-order valence-electron chi connectivity index (χ3n) is 1.49. The monoisotopic (exact) mass is 234 g/mol. The predicted octanol–water partition coefficient (Wildman–Crippen LogP) is 2.18. The van der Waals surface area contributed by atoms with Crippen LogP contribution in [0.25, 0.3) is 0 Å². The summed E-state index contributed by atoms with van der Waals surface area (Å²) in [6.07, 6.45) is -9.37. The SMILES string of the molecule is CN(CC(C#N)C(F)(F)F)CC(F)(F)F. The molecule has 88 valence electrons. The Kier molecular flexibility index (Phi) is 4.40. The molecule has 1 atom stereocenters. The lowest BCUT2D eigenvalue weighted by Crippen LogP contribution is -2.38. The quantitative estimate of drug-likeness (QED) is 0.700. The van der Waals surface area contributed by atoms with Crippen molar-refractivity contribution >= 4 is 0 Å². The highest BCUT2D eigenvalue weighted by atomic mass is 19.4. The van der Waals surface area contributed by atoms with Gasteiger partial charge in [-0.05, 0) is 7.05 Å². The number of halogens is 6. The second kappa shape index (κ2) is 4.70. The third-order valence-corrected chi connectivity index (χ3v) is 1.49. The van der Waals surface area contributed by atoms with Gasteiger partial charge in [0, 0.05) is 6.54 Å². The standard InChI is InChI=1S/C7H8F6N2/c1-15(4-6(8,9)10)3-5(2-14)7(11,12)13/h5H,3-4H2,1H3. The molecule has 0 bridgehead atoms. The number of rotatable bonds is 3. The van der Waals surface area contributed by atoms with Crippen molar-refractivity contribution in [3.8, 4) is 6.07 Å². The largest absolute Gasteiger partial charge is 0.405 e. The number of nitriles is 1. The van der Waals surface area contributed by atoms with E-state index in [4.69, 9.17) is 5.26 Å². The summed E-state index contributed by atoms with van der Waals surface area (Å²) in [5, 5.41) is 8.13. The lowest BCUT2D eigenvalue weighted by atomic mass is 10.1. The lowest BCUT2D eigenvalue weighted by Gasteiger charge is -2.22. The van der Waals surface area contributed by atoms with Gasteiger partial charge >= 0.3 is 12.4 Å². The van der Waals surface area contributed by atoms with E-state index in [1.807, 2.05) is 0 Å². The Morgan fingerprint density at radius 1 is 1.20 bits per heavy atom. The van der Waals surface area contributed by atoms with Gasteiger partial charge in [-0.2, -0.15) is 31.6 Å². The van der Waals surface area contributed by atoms with Gasteiger partial charge in [-0.25, -0.2) is 0 Å². The molecule has 0 spiro atoms. The molecule has 2 nitrogen and oxygen atoms in total. The van der Waals surface area contributed by atoms with Crippen LogP contribution in [0.5, 0.6) is 0 Å². The maximum Gasteiger partial charge on any atom is 0.405 e. The van der Waals surface area contributed by atoms with E-state index in [9.17, 15) is 26.3 Å². The Labute approximate surface area is 82.1 Å². The summed E-state index contributed by atoms with van der Waals surface area (Å²) in [5.74, 6) is -2.40. The van der Waals surface area contributed by atoms with Crippen LogP contribution in [0.2, 0.25) is 0 Å². The van der Waals surface area contributed by atoms with Crippen molar-refractivity contribution in [3.05, 3.63) is 0 Å². The Bertz CT molecular complexity index is 237. The minimum absolute atomic E-state index is 0.418. The van der Waals surface area contributed by atoms with Gasteiger partial charge in [-0.3, -0.25) is 4.90 Å². The van der Waals surface area contributed by atoms with Crippen molar-refractivity contribution in [3.63, 3.8) is 0 Å². The molecule has 0 aliphatic carbocycles. The zero-order valence-electron chi connectivity index (χ0n) is 7.65. The van der Waals surface area contributed by atoms with Gasteiger partial charge in [0.1, 0.15) is 0 Å². The van der Waals surface area contributed by atoms with E-state index in [1.165, 1.54) is 0 Å². The summed E-state index contributed by atoms with van der Waals surface area (Å²) in [6, 6.07) is 0.925. The molecule has 0 radical (unpaired) electrons. The number of hydrogen-bond donors (Lipinski definition) is 0. The average molecular weight is 234 g/mol. The molecule has 0 saturated carbocycles. The molecule has 0 amide bonds. The first-order chi connectivity index (χ1) is 6.56. The minimum Gasteiger partial charge on any atom is -0.296 e. The van der Waals surface area contributed by atoms with Crippen LogP contribution in [0, 0.1) is 17.2 Å². The van der Waals surface area contributed by atoms with Gasteiger partial charge in [0.2, 0.25) is 0 Å². The normalized spacial score (nSPS) is 15.1. The first kappa shape index (κ1) is 14.0. The molecular formula is C7H8F6N2. The van der Waals surface area contributed by atoms with E-state index >= 15 is 0 Å². The second-order valence-corrected chi connectivity index (χ2v) is 3.04. The molecule has 0 heterocycles. The van der Waals surface area contributed by atoms with Crippen molar-refractivity contribution in [2.24, 2.45) is 5.92 Å². The highest BCUT2D eigenvalue weighted by molar-refractivity contribution is 4.90. The Hall–Kier alpha value is -0.970. The molecule has 0 N–H and O–H groups in total. The molecule has 0 aromatic rings. The minimum atomic E-state index is -4.80. The lowest BCUT2D eigenvalue weighted by molar-refractivity contribution is -0.174. The van der Waals surface area contributed by atoms with Crippen molar-refractivity contribution in [2.75, 3.05) is 20.1 Å². The third kappa shape index (κ3) is 6.17. The van der Waals surface area contributed by atoms with Crippen molar-refractivity contribution in [2.45, 2.75) is 12.4 Å². The van der Waals surface area contributed by atoms with Gasteiger partial charge in [-0.15, -0.1) is 0 Å². The van der Waals surface area contributed by atoms with E-state index in [0.29, 0.717) is 4.90 Å². The highest BCUT2D eigenvalue weighted by Crippen LogP contribution is 2.27. The fourth-order valence-corrected chi connectivity index (χ4v) is 0.900. The summed E-state index contributed by atoms with van der Waals surface area (Å²) >= 11 is 0. The molecule has 1 unspecified atom stereocenters. The fraction of sp³-hybridized carbons (Fsp3) is 0.857. The van der Waals surface area contributed by atoms with Crippen LogP contribution in [0.1, 0.15) is 0 Å². The molecule has 0 aliphatic heterocycles. The molecule has 0 saturated heterocycles. The molecule has 0 aromatic carbocycles. The number of hydrogen-bond acceptors (Lipinski definition) is 2. The van der Waals surface area contributed by atoms with E-state index in [-0.39, 0.29) is 0 Å².